The van der Waals surface area contributed by atoms with E-state index in [0.29, 0.717) is 40.3 Å². The van der Waals surface area contributed by atoms with Gasteiger partial charge in [-0.2, -0.15) is 0 Å². The molecule has 0 radical (unpaired) electrons. The van der Waals surface area contributed by atoms with Gasteiger partial charge < -0.3 is 25.2 Å². The minimum absolute atomic E-state index is 0.00508. The second-order valence-electron chi connectivity index (χ2n) is 8.36. The van der Waals surface area contributed by atoms with Crippen LogP contribution in [0.4, 0.5) is 11.1 Å². The van der Waals surface area contributed by atoms with Crippen molar-refractivity contribution in [1.82, 2.24) is 24.8 Å². The van der Waals surface area contributed by atoms with Crippen LogP contribution in [-0.2, 0) is 11.8 Å². The van der Waals surface area contributed by atoms with Crippen molar-refractivity contribution in [1.29, 1.82) is 0 Å². The minimum atomic E-state index is -0.808. The van der Waals surface area contributed by atoms with Gasteiger partial charge in [-0.3, -0.25) is 9.59 Å². The molecule has 4 aromatic rings. The number of carboxylic acid groups (broad SMARTS) is 1. The van der Waals surface area contributed by atoms with Gasteiger partial charge in [-0.05, 0) is 42.8 Å². The molecule has 5 rings (SSSR count). The first kappa shape index (κ1) is 22.6. The Kier molecular flexibility index (Phi) is 6.11. The highest BCUT2D eigenvalue weighted by Gasteiger charge is 2.24. The van der Waals surface area contributed by atoms with E-state index >= 15 is 0 Å². The maximum Gasteiger partial charge on any atom is 0.304 e. The molecule has 34 heavy (non-hydrogen) atoms. The number of likely N-dealkylation sites (tertiary alicyclic amines) is 1. The number of thiazole rings is 1. The Labute approximate surface area is 204 Å². The van der Waals surface area contributed by atoms with Crippen LogP contribution in [0.3, 0.4) is 0 Å². The zero-order valence-electron chi connectivity index (χ0n) is 18.4. The number of aliphatic carboxylic acids is 1. The molecule has 1 saturated heterocycles. The lowest BCUT2D eigenvalue weighted by Gasteiger charge is -2.15. The van der Waals surface area contributed by atoms with Crippen LogP contribution in [0, 0.1) is 0 Å². The molecular weight excluding hydrogens is 476 g/mol. The number of carboxylic acids is 1. The third-order valence-electron chi connectivity index (χ3n) is 5.96. The SMILES string of the molecule is Cn1c(Nc2nc3ccc(Cl)cc3s2)nc2cc(C(=O)NC3CCN(CCC(=O)O)C3)ccc21. The quantitative estimate of drug-likeness (QED) is 0.354. The third kappa shape index (κ3) is 4.70. The highest BCUT2D eigenvalue weighted by Crippen LogP contribution is 2.31. The number of carbonyl (C=O) groups is 2. The van der Waals surface area contributed by atoms with E-state index in [9.17, 15) is 9.59 Å². The van der Waals surface area contributed by atoms with Gasteiger partial charge in [0.25, 0.3) is 5.91 Å². The molecule has 1 atom stereocenters. The number of nitrogens with zero attached hydrogens (tertiary/aromatic N) is 4. The molecule has 1 aliphatic rings. The molecule has 11 heteroatoms. The summed E-state index contributed by atoms with van der Waals surface area (Å²) in [5.41, 5.74) is 3.00. The number of imidazole rings is 1. The molecule has 0 aliphatic carbocycles. The highest BCUT2D eigenvalue weighted by molar-refractivity contribution is 7.22. The molecule has 0 spiro atoms. The fraction of sp³-hybridized carbons (Fsp3) is 0.304. The molecule has 3 heterocycles. The lowest BCUT2D eigenvalue weighted by Crippen LogP contribution is -2.37. The second kappa shape index (κ2) is 9.21. The van der Waals surface area contributed by atoms with Crippen molar-refractivity contribution in [2.24, 2.45) is 7.05 Å². The first-order chi connectivity index (χ1) is 16.4. The van der Waals surface area contributed by atoms with E-state index in [1.165, 1.54) is 11.3 Å². The second-order valence-corrected chi connectivity index (χ2v) is 9.82. The van der Waals surface area contributed by atoms with Crippen LogP contribution >= 0.6 is 22.9 Å². The van der Waals surface area contributed by atoms with Gasteiger partial charge in [0.1, 0.15) is 0 Å². The Morgan fingerprint density at radius 1 is 1.21 bits per heavy atom. The normalized spacial score (nSPS) is 16.4. The van der Waals surface area contributed by atoms with Crippen molar-refractivity contribution in [3.8, 4) is 0 Å². The number of rotatable bonds is 7. The molecule has 2 aromatic heterocycles. The van der Waals surface area contributed by atoms with E-state index in [4.69, 9.17) is 16.7 Å². The zero-order valence-corrected chi connectivity index (χ0v) is 20.0. The van der Waals surface area contributed by atoms with Gasteiger partial charge in [-0.1, -0.05) is 22.9 Å². The van der Waals surface area contributed by atoms with Crippen molar-refractivity contribution < 1.29 is 14.7 Å². The standard InChI is InChI=1S/C23H23ClN6O3S/c1-29-18-5-2-13(21(33)25-15-6-8-30(12-15)9-7-20(31)32)10-17(18)26-22(29)28-23-27-16-4-3-14(24)11-19(16)34-23/h2-5,10-11,15H,6-9,12H2,1H3,(H,25,33)(H,31,32)(H,26,27,28). The van der Waals surface area contributed by atoms with E-state index < -0.39 is 5.97 Å². The average Bonchev–Trinajstić information content (AvgIpc) is 3.49. The Morgan fingerprint density at radius 3 is 2.88 bits per heavy atom. The largest absolute Gasteiger partial charge is 0.481 e. The van der Waals surface area contributed by atoms with Gasteiger partial charge in [-0.15, -0.1) is 0 Å². The molecule has 9 nitrogen and oxygen atoms in total. The van der Waals surface area contributed by atoms with Crippen LogP contribution < -0.4 is 10.6 Å². The number of amides is 1. The van der Waals surface area contributed by atoms with Gasteiger partial charge in [-0.25, -0.2) is 9.97 Å². The van der Waals surface area contributed by atoms with Crippen molar-refractivity contribution in [3.05, 3.63) is 47.0 Å². The number of hydrogen-bond donors (Lipinski definition) is 3. The number of benzene rings is 2. The Morgan fingerprint density at radius 2 is 2.06 bits per heavy atom. The number of halogens is 1. The summed E-state index contributed by atoms with van der Waals surface area (Å²) in [5.74, 6) is -0.338. The van der Waals surface area contributed by atoms with Gasteiger partial charge in [0, 0.05) is 43.3 Å². The molecule has 1 amide bonds. The molecule has 1 aliphatic heterocycles. The predicted octanol–water partition coefficient (Wildman–Crippen LogP) is 3.86. The van der Waals surface area contributed by atoms with Crippen LogP contribution in [0.1, 0.15) is 23.2 Å². The van der Waals surface area contributed by atoms with Crippen molar-refractivity contribution in [2.75, 3.05) is 25.0 Å². The summed E-state index contributed by atoms with van der Waals surface area (Å²) >= 11 is 7.57. The summed E-state index contributed by atoms with van der Waals surface area (Å²) in [6, 6.07) is 11.0. The summed E-state index contributed by atoms with van der Waals surface area (Å²) in [7, 11) is 1.91. The summed E-state index contributed by atoms with van der Waals surface area (Å²) in [6.07, 6.45) is 0.913. The first-order valence-electron chi connectivity index (χ1n) is 10.9. The van der Waals surface area contributed by atoms with Crippen LogP contribution in [0.5, 0.6) is 0 Å². The molecule has 176 valence electrons. The van der Waals surface area contributed by atoms with Crippen molar-refractivity contribution in [2.45, 2.75) is 18.9 Å². The van der Waals surface area contributed by atoms with Crippen molar-refractivity contribution >= 4 is 67.1 Å². The fourth-order valence-corrected chi connectivity index (χ4v) is 5.31. The molecule has 1 unspecified atom stereocenters. The average molecular weight is 499 g/mol. The lowest BCUT2D eigenvalue weighted by molar-refractivity contribution is -0.137. The molecule has 0 saturated carbocycles. The summed E-state index contributed by atoms with van der Waals surface area (Å²) in [6.45, 7) is 1.94. The first-order valence-corrected chi connectivity index (χ1v) is 12.1. The van der Waals surface area contributed by atoms with Crippen molar-refractivity contribution in [3.63, 3.8) is 0 Å². The van der Waals surface area contributed by atoms with Gasteiger partial charge in [0.15, 0.2) is 5.13 Å². The molecule has 3 N–H and O–H groups in total. The molecule has 1 fully saturated rings. The van der Waals surface area contributed by atoms with Crippen LogP contribution in [0.25, 0.3) is 21.3 Å². The summed E-state index contributed by atoms with van der Waals surface area (Å²) in [4.78, 5) is 34.9. The zero-order chi connectivity index (χ0) is 23.8. The number of fused-ring (bicyclic) bond motifs is 2. The minimum Gasteiger partial charge on any atom is -0.481 e. The monoisotopic (exact) mass is 498 g/mol. The summed E-state index contributed by atoms with van der Waals surface area (Å²) < 4.78 is 2.91. The van der Waals surface area contributed by atoms with Gasteiger partial charge >= 0.3 is 5.97 Å². The number of anilines is 2. The van der Waals surface area contributed by atoms with Gasteiger partial charge in [0.2, 0.25) is 5.95 Å². The number of nitrogens with one attached hydrogen (secondary N) is 2. The smallest absolute Gasteiger partial charge is 0.304 e. The van der Waals surface area contributed by atoms with E-state index in [-0.39, 0.29) is 18.4 Å². The predicted molar refractivity (Wildman–Crippen MR) is 133 cm³/mol. The highest BCUT2D eigenvalue weighted by atomic mass is 35.5. The van der Waals surface area contributed by atoms with E-state index in [1.807, 2.05) is 35.9 Å². The lowest BCUT2D eigenvalue weighted by atomic mass is 10.1. The van der Waals surface area contributed by atoms with Crippen LogP contribution in [-0.4, -0.2) is 62.1 Å². The van der Waals surface area contributed by atoms with E-state index in [1.54, 1.807) is 12.1 Å². The molecular formula is C23H23ClN6O3S. The Hall–Kier alpha value is -3.21. The third-order valence-corrected chi connectivity index (χ3v) is 7.13. The Bertz CT molecular complexity index is 1400. The number of hydrogen-bond acceptors (Lipinski definition) is 7. The molecule has 0 bridgehead atoms. The number of carbonyl (C=O) groups excluding carboxylic acids is 1. The summed E-state index contributed by atoms with van der Waals surface area (Å²) in [5, 5.41) is 16.6. The molecule has 2 aromatic carbocycles. The van der Waals surface area contributed by atoms with Gasteiger partial charge in [0.05, 0.1) is 27.7 Å². The number of aryl methyl sites for hydroxylation is 1. The maximum absolute atomic E-state index is 12.8. The van der Waals surface area contributed by atoms with Crippen LogP contribution in [0.2, 0.25) is 5.02 Å². The van der Waals surface area contributed by atoms with E-state index in [2.05, 4.69) is 25.5 Å². The van der Waals surface area contributed by atoms with Crippen LogP contribution in [0.15, 0.2) is 36.4 Å². The topological polar surface area (TPSA) is 112 Å². The maximum atomic E-state index is 12.8. The Balaban J connectivity index is 1.29. The fourth-order valence-electron chi connectivity index (χ4n) is 4.18. The number of aromatic nitrogens is 3. The van der Waals surface area contributed by atoms with E-state index in [0.717, 1.165) is 28.7 Å².